The average Bonchev–Trinajstić information content (AvgIpc) is 3.13. The summed E-state index contributed by atoms with van der Waals surface area (Å²) in [6, 6.07) is 6.41. The quantitative estimate of drug-likeness (QED) is 0.652. The molecule has 182 valence electrons. The second kappa shape index (κ2) is 10.2. The van der Waals surface area contributed by atoms with Crippen LogP contribution in [0.1, 0.15) is 58.3 Å². The van der Waals surface area contributed by atoms with E-state index in [0.717, 1.165) is 0 Å². The zero-order chi connectivity index (χ0) is 25.0. The molecule has 2 N–H and O–H groups in total. The number of benzene rings is 1. The Morgan fingerprint density at radius 3 is 2.15 bits per heavy atom. The van der Waals surface area contributed by atoms with Gasteiger partial charge in [-0.2, -0.15) is 0 Å². The molecule has 1 aromatic rings. The van der Waals surface area contributed by atoms with Crippen molar-refractivity contribution in [2.45, 2.75) is 71.7 Å². The lowest BCUT2D eigenvalue weighted by Gasteiger charge is -2.35. The first-order valence-corrected chi connectivity index (χ1v) is 11.0. The Morgan fingerprint density at radius 2 is 1.64 bits per heavy atom. The lowest BCUT2D eigenvalue weighted by molar-refractivity contribution is -0.152. The van der Waals surface area contributed by atoms with Crippen molar-refractivity contribution in [2.75, 3.05) is 13.7 Å². The number of carbonyl (C=O) groups excluding carboxylic acids is 4. The molecule has 1 aliphatic rings. The maximum absolute atomic E-state index is 13.6. The minimum Gasteiger partial charge on any atom is -0.467 e. The number of nitrogens with one attached hydrogen (secondary N) is 2. The summed E-state index contributed by atoms with van der Waals surface area (Å²) in [6.07, 6.45) is -0.515. The van der Waals surface area contributed by atoms with Gasteiger partial charge in [0, 0.05) is 24.6 Å². The Labute approximate surface area is 195 Å². The maximum atomic E-state index is 13.6. The molecule has 2 rings (SSSR count). The number of hydrogen-bond donors (Lipinski definition) is 2. The van der Waals surface area contributed by atoms with E-state index in [9.17, 15) is 19.2 Å². The molecule has 1 aliphatic heterocycles. The number of likely N-dealkylation sites (tertiary alicyclic amines) is 1. The fraction of sp³-hybridized carbons (Fsp3) is 0.583. The third-order valence-corrected chi connectivity index (χ3v) is 5.20. The minimum absolute atomic E-state index is 0.111. The first kappa shape index (κ1) is 26.2. The number of hydrogen-bond acceptors (Lipinski definition) is 6. The van der Waals surface area contributed by atoms with Gasteiger partial charge in [0.1, 0.15) is 17.7 Å². The van der Waals surface area contributed by atoms with E-state index in [1.807, 2.05) is 26.8 Å². The number of methoxy groups -OCH3 is 1. The molecule has 0 aliphatic carbocycles. The molecule has 9 heteroatoms. The molecule has 0 saturated carbocycles. The summed E-state index contributed by atoms with van der Waals surface area (Å²) in [4.78, 5) is 52.4. The topological polar surface area (TPSA) is 114 Å². The van der Waals surface area contributed by atoms with Crippen LogP contribution >= 0.6 is 0 Å². The predicted molar refractivity (Wildman–Crippen MR) is 122 cm³/mol. The van der Waals surface area contributed by atoms with Gasteiger partial charge in [0.05, 0.1) is 7.11 Å². The summed E-state index contributed by atoms with van der Waals surface area (Å²) in [6.45, 7) is 10.7. The lowest BCUT2D eigenvalue weighted by Crippen LogP contribution is -2.57. The molecule has 1 saturated heterocycles. The highest BCUT2D eigenvalue weighted by Crippen LogP contribution is 2.27. The molecule has 3 atom stereocenters. The van der Waals surface area contributed by atoms with Gasteiger partial charge in [-0.15, -0.1) is 0 Å². The lowest BCUT2D eigenvalue weighted by atomic mass is 9.85. The van der Waals surface area contributed by atoms with E-state index in [2.05, 4.69) is 10.6 Å². The zero-order valence-corrected chi connectivity index (χ0v) is 20.4. The molecule has 1 fully saturated rings. The number of esters is 1. The van der Waals surface area contributed by atoms with Gasteiger partial charge >= 0.3 is 12.1 Å². The van der Waals surface area contributed by atoms with Crippen LogP contribution < -0.4 is 10.6 Å². The fourth-order valence-corrected chi connectivity index (χ4v) is 3.64. The monoisotopic (exact) mass is 461 g/mol. The predicted octanol–water partition coefficient (Wildman–Crippen LogP) is 2.50. The van der Waals surface area contributed by atoms with Gasteiger partial charge in [-0.05, 0) is 38.3 Å². The molecular weight excluding hydrogens is 426 g/mol. The van der Waals surface area contributed by atoms with Gasteiger partial charge < -0.3 is 25.0 Å². The Hall–Kier alpha value is -3.10. The highest BCUT2D eigenvalue weighted by atomic mass is 16.6. The summed E-state index contributed by atoms with van der Waals surface area (Å²) in [5.74, 6) is -1.32. The van der Waals surface area contributed by atoms with Gasteiger partial charge in [0.15, 0.2) is 0 Å². The SMILES string of the molecule is COC(=O)[C@@H]1C[C@H](NC(=O)c2ccccc2)CN1C(=O)[C@@H](NC(=O)OC(C)(C)C)C(C)(C)C. The van der Waals surface area contributed by atoms with E-state index < -0.39 is 47.1 Å². The van der Waals surface area contributed by atoms with Crippen LogP contribution in [0.5, 0.6) is 0 Å². The standard InChI is InChI=1S/C24H35N3O6/c1-23(2,3)18(26-22(31)33-24(4,5)6)20(29)27-14-16(13-17(27)21(30)32-7)25-19(28)15-11-9-8-10-12-15/h8-12,16-18H,13-14H2,1-7H3,(H,25,28)(H,26,31)/t16-,17-,18+/m0/s1. The van der Waals surface area contributed by atoms with Gasteiger partial charge in [-0.25, -0.2) is 9.59 Å². The number of carbonyl (C=O) groups is 4. The molecule has 0 aromatic heterocycles. The molecule has 33 heavy (non-hydrogen) atoms. The van der Waals surface area contributed by atoms with Crippen LogP contribution in [0.15, 0.2) is 30.3 Å². The number of nitrogens with zero attached hydrogens (tertiary/aromatic N) is 1. The second-order valence-electron chi connectivity index (χ2n) is 10.2. The third-order valence-electron chi connectivity index (χ3n) is 5.20. The summed E-state index contributed by atoms with van der Waals surface area (Å²) in [7, 11) is 1.25. The molecule has 3 amide bonds. The number of ether oxygens (including phenoxy) is 2. The summed E-state index contributed by atoms with van der Waals surface area (Å²) >= 11 is 0. The van der Waals surface area contributed by atoms with E-state index in [0.29, 0.717) is 5.56 Å². The maximum Gasteiger partial charge on any atom is 0.408 e. The van der Waals surface area contributed by atoms with Crippen molar-refractivity contribution in [3.8, 4) is 0 Å². The fourth-order valence-electron chi connectivity index (χ4n) is 3.64. The van der Waals surface area contributed by atoms with Crippen LogP contribution in [0.4, 0.5) is 4.79 Å². The number of amides is 3. The van der Waals surface area contributed by atoms with Crippen LogP contribution in [-0.2, 0) is 19.1 Å². The van der Waals surface area contributed by atoms with Crippen LogP contribution in [0.3, 0.4) is 0 Å². The molecule has 1 heterocycles. The van der Waals surface area contributed by atoms with Crippen LogP contribution in [-0.4, -0.2) is 66.2 Å². The molecule has 0 spiro atoms. The Kier molecular flexibility index (Phi) is 8.11. The molecule has 9 nitrogen and oxygen atoms in total. The third kappa shape index (κ3) is 7.20. The first-order valence-electron chi connectivity index (χ1n) is 11.0. The van der Waals surface area contributed by atoms with Crippen molar-refractivity contribution in [2.24, 2.45) is 5.41 Å². The highest BCUT2D eigenvalue weighted by Gasteiger charge is 2.46. The van der Waals surface area contributed by atoms with Crippen molar-refractivity contribution in [1.29, 1.82) is 0 Å². The van der Waals surface area contributed by atoms with E-state index in [1.54, 1.807) is 45.0 Å². The van der Waals surface area contributed by atoms with Crippen molar-refractivity contribution >= 4 is 23.9 Å². The Balaban J connectivity index is 2.22. The normalized spacial score (nSPS) is 19.4. The largest absolute Gasteiger partial charge is 0.467 e. The summed E-state index contributed by atoms with van der Waals surface area (Å²) in [5, 5.41) is 5.54. The van der Waals surface area contributed by atoms with Crippen molar-refractivity contribution in [3.05, 3.63) is 35.9 Å². The minimum atomic E-state index is -0.955. The molecule has 0 bridgehead atoms. The Morgan fingerprint density at radius 1 is 1.03 bits per heavy atom. The van der Waals surface area contributed by atoms with E-state index in [1.165, 1.54) is 12.0 Å². The summed E-state index contributed by atoms with van der Waals surface area (Å²) in [5.41, 5.74) is -0.916. The first-order chi connectivity index (χ1) is 15.2. The Bertz CT molecular complexity index is 872. The molecule has 1 aromatic carbocycles. The van der Waals surface area contributed by atoms with E-state index in [-0.39, 0.29) is 18.9 Å². The molecule has 0 unspecified atom stereocenters. The highest BCUT2D eigenvalue weighted by molar-refractivity contribution is 5.95. The number of rotatable bonds is 5. The molecular formula is C24H35N3O6. The van der Waals surface area contributed by atoms with Crippen LogP contribution in [0.2, 0.25) is 0 Å². The van der Waals surface area contributed by atoms with Gasteiger partial charge in [-0.3, -0.25) is 9.59 Å². The van der Waals surface area contributed by atoms with Crippen molar-refractivity contribution < 1.29 is 28.7 Å². The smallest absolute Gasteiger partial charge is 0.408 e. The van der Waals surface area contributed by atoms with Crippen molar-refractivity contribution in [3.63, 3.8) is 0 Å². The second-order valence-corrected chi connectivity index (χ2v) is 10.2. The van der Waals surface area contributed by atoms with Crippen LogP contribution in [0, 0.1) is 5.41 Å². The van der Waals surface area contributed by atoms with Gasteiger partial charge in [0.2, 0.25) is 5.91 Å². The zero-order valence-electron chi connectivity index (χ0n) is 20.4. The molecule has 0 radical (unpaired) electrons. The van der Waals surface area contributed by atoms with Crippen molar-refractivity contribution in [1.82, 2.24) is 15.5 Å². The average molecular weight is 462 g/mol. The number of alkyl carbamates (subject to hydrolysis) is 1. The summed E-state index contributed by atoms with van der Waals surface area (Å²) < 4.78 is 10.2. The van der Waals surface area contributed by atoms with E-state index in [4.69, 9.17) is 9.47 Å². The van der Waals surface area contributed by atoms with Gasteiger partial charge in [0.25, 0.3) is 5.91 Å². The van der Waals surface area contributed by atoms with Crippen LogP contribution in [0.25, 0.3) is 0 Å². The van der Waals surface area contributed by atoms with E-state index >= 15 is 0 Å². The van der Waals surface area contributed by atoms with Gasteiger partial charge in [-0.1, -0.05) is 39.0 Å².